The molecule has 0 aliphatic rings. The molecule has 8 nitrogen and oxygen atoms in total. The van der Waals surface area contributed by atoms with Crippen molar-refractivity contribution in [3.05, 3.63) is 87.8 Å². The number of pyridine rings is 2. The summed E-state index contributed by atoms with van der Waals surface area (Å²) in [6, 6.07) is 16.7. The van der Waals surface area contributed by atoms with E-state index in [4.69, 9.17) is 10.1 Å². The van der Waals surface area contributed by atoms with Gasteiger partial charge in [-0.25, -0.2) is 4.98 Å². The van der Waals surface area contributed by atoms with Crippen LogP contribution in [0.4, 0.5) is 0 Å². The van der Waals surface area contributed by atoms with Crippen LogP contribution in [0.5, 0.6) is 0 Å². The molecule has 4 rings (SSSR count). The molecule has 4 aromatic rings. The lowest BCUT2D eigenvalue weighted by Gasteiger charge is -2.15. The standard InChI is InChI=1S/C24H25N5O3/c1-32-15-7-12-26-23(30)18-16-19-22(27-20-10-5-6-13-28(20)24(19)31)29(21(18)25)14-11-17-8-3-2-4-9-17/h2-6,8-10,13,16,25H,7,11-12,14-15H2,1H3,(H,26,30). The van der Waals surface area contributed by atoms with E-state index in [-0.39, 0.29) is 22.5 Å². The van der Waals surface area contributed by atoms with Gasteiger partial charge in [0.25, 0.3) is 11.5 Å². The van der Waals surface area contributed by atoms with Gasteiger partial charge in [0.2, 0.25) is 0 Å². The fraction of sp³-hybridized carbons (Fsp3) is 0.250. The molecule has 0 spiro atoms. The number of rotatable bonds is 8. The SMILES string of the molecule is COCCCNC(=O)c1cc2c(=O)n3ccccc3nc2n(CCc2ccccc2)c1=N. The first kappa shape index (κ1) is 21.5. The molecule has 0 aliphatic heterocycles. The first-order valence-corrected chi connectivity index (χ1v) is 10.5. The molecule has 0 saturated heterocycles. The summed E-state index contributed by atoms with van der Waals surface area (Å²) in [5.41, 5.74) is 1.90. The molecule has 32 heavy (non-hydrogen) atoms. The second-order valence-corrected chi connectivity index (χ2v) is 7.48. The van der Waals surface area contributed by atoms with Gasteiger partial charge in [-0.3, -0.25) is 19.4 Å². The third-order valence-electron chi connectivity index (χ3n) is 5.34. The van der Waals surface area contributed by atoms with E-state index < -0.39 is 0 Å². The average molecular weight is 431 g/mol. The molecule has 0 radical (unpaired) electrons. The van der Waals surface area contributed by atoms with E-state index in [9.17, 15) is 9.59 Å². The van der Waals surface area contributed by atoms with E-state index in [1.165, 1.54) is 10.5 Å². The lowest BCUT2D eigenvalue weighted by molar-refractivity contribution is 0.0946. The van der Waals surface area contributed by atoms with Crippen LogP contribution < -0.4 is 16.4 Å². The minimum atomic E-state index is -0.390. The molecule has 1 aromatic carbocycles. The third kappa shape index (κ3) is 4.31. The molecule has 0 atom stereocenters. The van der Waals surface area contributed by atoms with Gasteiger partial charge in [0.15, 0.2) is 0 Å². The summed E-state index contributed by atoms with van der Waals surface area (Å²) in [4.78, 5) is 30.7. The first-order chi connectivity index (χ1) is 15.6. The van der Waals surface area contributed by atoms with Gasteiger partial charge in [0.05, 0.1) is 10.9 Å². The number of carbonyl (C=O) groups excluding carboxylic acids is 1. The van der Waals surface area contributed by atoms with Crippen molar-refractivity contribution < 1.29 is 9.53 Å². The van der Waals surface area contributed by atoms with Gasteiger partial charge in [0, 0.05) is 33.0 Å². The predicted molar refractivity (Wildman–Crippen MR) is 122 cm³/mol. The number of nitrogens with one attached hydrogen (secondary N) is 2. The number of ether oxygens (including phenoxy) is 1. The number of benzene rings is 1. The molecule has 8 heteroatoms. The topological polar surface area (TPSA) is 101 Å². The summed E-state index contributed by atoms with van der Waals surface area (Å²) in [5, 5.41) is 11.9. The summed E-state index contributed by atoms with van der Waals surface area (Å²) in [7, 11) is 1.60. The van der Waals surface area contributed by atoms with Crippen molar-refractivity contribution in [1.82, 2.24) is 19.3 Å². The average Bonchev–Trinajstić information content (AvgIpc) is 2.82. The fourth-order valence-corrected chi connectivity index (χ4v) is 3.68. The maximum absolute atomic E-state index is 13.2. The second-order valence-electron chi connectivity index (χ2n) is 7.48. The normalized spacial score (nSPS) is 11.2. The Labute approximate surface area is 184 Å². The Morgan fingerprint density at radius 1 is 1.16 bits per heavy atom. The molecule has 3 heterocycles. The van der Waals surface area contributed by atoms with Crippen LogP contribution in [0.2, 0.25) is 0 Å². The Balaban J connectivity index is 1.83. The summed E-state index contributed by atoms with van der Waals surface area (Å²) in [5.74, 6) is -0.390. The minimum Gasteiger partial charge on any atom is -0.385 e. The number of methoxy groups -OCH3 is 1. The number of aromatic nitrogens is 3. The van der Waals surface area contributed by atoms with Gasteiger partial charge in [-0.05, 0) is 36.6 Å². The van der Waals surface area contributed by atoms with E-state index in [2.05, 4.69) is 10.3 Å². The number of fused-ring (bicyclic) bond motifs is 2. The molecule has 0 unspecified atom stereocenters. The number of amides is 1. The van der Waals surface area contributed by atoms with Crippen LogP contribution in [0, 0.1) is 5.41 Å². The van der Waals surface area contributed by atoms with Gasteiger partial charge >= 0.3 is 0 Å². The molecule has 0 saturated carbocycles. The van der Waals surface area contributed by atoms with E-state index in [0.29, 0.717) is 49.2 Å². The number of carbonyl (C=O) groups is 1. The minimum absolute atomic E-state index is 0.0323. The van der Waals surface area contributed by atoms with Crippen LogP contribution in [0.25, 0.3) is 16.7 Å². The molecule has 0 fully saturated rings. The van der Waals surface area contributed by atoms with Crippen molar-refractivity contribution in [1.29, 1.82) is 5.41 Å². The van der Waals surface area contributed by atoms with Crippen LogP contribution in [-0.4, -0.2) is 40.1 Å². The second kappa shape index (κ2) is 9.57. The maximum Gasteiger partial charge on any atom is 0.267 e. The highest BCUT2D eigenvalue weighted by molar-refractivity contribution is 5.96. The smallest absolute Gasteiger partial charge is 0.267 e. The van der Waals surface area contributed by atoms with Crippen molar-refractivity contribution in [2.24, 2.45) is 0 Å². The molecule has 3 aromatic heterocycles. The van der Waals surface area contributed by atoms with E-state index in [1.54, 1.807) is 30.0 Å². The zero-order chi connectivity index (χ0) is 22.5. The van der Waals surface area contributed by atoms with Crippen LogP contribution in [0.3, 0.4) is 0 Å². The lowest BCUT2D eigenvalue weighted by Crippen LogP contribution is -2.35. The van der Waals surface area contributed by atoms with Gasteiger partial charge < -0.3 is 14.6 Å². The number of hydrogen-bond acceptors (Lipinski definition) is 5. The molecule has 0 bridgehead atoms. The first-order valence-electron chi connectivity index (χ1n) is 10.5. The van der Waals surface area contributed by atoms with Gasteiger partial charge in [-0.1, -0.05) is 36.4 Å². The highest BCUT2D eigenvalue weighted by Crippen LogP contribution is 2.12. The number of aryl methyl sites for hydroxylation is 2. The lowest BCUT2D eigenvalue weighted by atomic mass is 10.1. The maximum atomic E-state index is 13.2. The highest BCUT2D eigenvalue weighted by atomic mass is 16.5. The largest absolute Gasteiger partial charge is 0.385 e. The van der Waals surface area contributed by atoms with E-state index in [1.807, 2.05) is 36.4 Å². The number of hydrogen-bond donors (Lipinski definition) is 2. The van der Waals surface area contributed by atoms with Gasteiger partial charge in [-0.15, -0.1) is 0 Å². The molecule has 164 valence electrons. The van der Waals surface area contributed by atoms with Crippen molar-refractivity contribution in [3.8, 4) is 0 Å². The van der Waals surface area contributed by atoms with Crippen LogP contribution in [-0.2, 0) is 17.7 Å². The molecular weight excluding hydrogens is 406 g/mol. The Morgan fingerprint density at radius 3 is 2.72 bits per heavy atom. The van der Waals surface area contributed by atoms with E-state index in [0.717, 1.165) is 5.56 Å². The Hall–Kier alpha value is -3.78. The monoisotopic (exact) mass is 431 g/mol. The molecule has 2 N–H and O–H groups in total. The molecule has 0 aliphatic carbocycles. The van der Waals surface area contributed by atoms with Gasteiger partial charge in [0.1, 0.15) is 16.8 Å². The van der Waals surface area contributed by atoms with Crippen LogP contribution >= 0.6 is 0 Å². The van der Waals surface area contributed by atoms with Crippen molar-refractivity contribution in [3.63, 3.8) is 0 Å². The zero-order valence-electron chi connectivity index (χ0n) is 17.9. The van der Waals surface area contributed by atoms with Crippen molar-refractivity contribution in [2.45, 2.75) is 19.4 Å². The fourth-order valence-electron chi connectivity index (χ4n) is 3.68. The van der Waals surface area contributed by atoms with Crippen LogP contribution in [0.15, 0.2) is 65.6 Å². The van der Waals surface area contributed by atoms with Crippen molar-refractivity contribution in [2.75, 3.05) is 20.3 Å². The Morgan fingerprint density at radius 2 is 1.94 bits per heavy atom. The summed E-state index contributed by atoms with van der Waals surface area (Å²) in [6.07, 6.45) is 2.95. The van der Waals surface area contributed by atoms with E-state index >= 15 is 0 Å². The summed E-state index contributed by atoms with van der Waals surface area (Å²) < 4.78 is 8.12. The third-order valence-corrected chi connectivity index (χ3v) is 5.34. The summed E-state index contributed by atoms with van der Waals surface area (Å²) in [6.45, 7) is 1.36. The zero-order valence-corrected chi connectivity index (χ0v) is 17.9. The Bertz CT molecular complexity index is 1380. The quantitative estimate of drug-likeness (QED) is 0.330. The molecular formula is C24H25N5O3. The van der Waals surface area contributed by atoms with Crippen LogP contribution in [0.1, 0.15) is 22.3 Å². The Kier molecular flexibility index (Phi) is 6.42. The molecule has 1 amide bonds. The predicted octanol–water partition coefficient (Wildman–Crippen LogP) is 2.14. The number of nitrogens with zero attached hydrogens (tertiary/aromatic N) is 3. The van der Waals surface area contributed by atoms with Gasteiger partial charge in [-0.2, -0.15) is 0 Å². The highest BCUT2D eigenvalue weighted by Gasteiger charge is 2.17. The van der Waals surface area contributed by atoms with Crippen molar-refractivity contribution >= 4 is 22.6 Å². The summed E-state index contributed by atoms with van der Waals surface area (Å²) >= 11 is 0.